The van der Waals surface area contributed by atoms with E-state index in [2.05, 4.69) is 19.2 Å². The molecule has 0 bridgehead atoms. The van der Waals surface area contributed by atoms with Gasteiger partial charge in [-0.25, -0.2) is 4.79 Å². The Labute approximate surface area is 115 Å². The molecule has 0 amide bonds. The van der Waals surface area contributed by atoms with Crippen molar-refractivity contribution >= 4 is 5.97 Å². The maximum Gasteiger partial charge on any atom is 0.335 e. The van der Waals surface area contributed by atoms with E-state index in [1.165, 1.54) is 19.3 Å². The van der Waals surface area contributed by atoms with E-state index >= 15 is 0 Å². The fourth-order valence-electron chi connectivity index (χ4n) is 2.78. The summed E-state index contributed by atoms with van der Waals surface area (Å²) < 4.78 is 0. The van der Waals surface area contributed by atoms with Crippen molar-refractivity contribution in [2.24, 2.45) is 11.3 Å². The summed E-state index contributed by atoms with van der Waals surface area (Å²) in [4.78, 5) is 10.9. The lowest BCUT2D eigenvalue weighted by Crippen LogP contribution is -2.24. The zero-order chi connectivity index (χ0) is 13.9. The minimum atomic E-state index is -0.861. The average Bonchev–Trinajstić information content (AvgIpc) is 3.08. The first kappa shape index (κ1) is 14.1. The van der Waals surface area contributed by atoms with Gasteiger partial charge < -0.3 is 10.4 Å². The highest BCUT2D eigenvalue weighted by atomic mass is 16.4. The maximum absolute atomic E-state index is 10.9. The number of carbonyl (C=O) groups is 1. The topological polar surface area (TPSA) is 49.3 Å². The molecule has 3 heteroatoms. The Bertz CT molecular complexity index is 450. The predicted molar refractivity (Wildman–Crippen MR) is 76.2 cm³/mol. The summed E-state index contributed by atoms with van der Waals surface area (Å²) >= 11 is 0. The highest BCUT2D eigenvalue weighted by Crippen LogP contribution is 2.50. The molecule has 1 saturated carbocycles. The molecule has 0 atom stereocenters. The molecule has 1 aromatic rings. The summed E-state index contributed by atoms with van der Waals surface area (Å²) in [6, 6.07) is 7.16. The summed E-state index contributed by atoms with van der Waals surface area (Å²) in [7, 11) is 0. The Morgan fingerprint density at radius 1 is 1.42 bits per heavy atom. The second kappa shape index (κ2) is 5.74. The normalized spacial score (nSPS) is 16.6. The van der Waals surface area contributed by atoms with Crippen LogP contribution in [0.2, 0.25) is 0 Å². The number of carboxylic acid groups (broad SMARTS) is 1. The minimum Gasteiger partial charge on any atom is -0.478 e. The fourth-order valence-corrected chi connectivity index (χ4v) is 2.78. The Morgan fingerprint density at radius 3 is 2.74 bits per heavy atom. The van der Waals surface area contributed by atoms with Crippen LogP contribution in [0.1, 0.15) is 49.0 Å². The van der Waals surface area contributed by atoms with Crippen molar-refractivity contribution in [1.82, 2.24) is 5.32 Å². The van der Waals surface area contributed by atoms with E-state index in [1.807, 2.05) is 12.1 Å². The molecule has 1 aliphatic carbocycles. The summed E-state index contributed by atoms with van der Waals surface area (Å²) in [5.41, 5.74) is 1.92. The molecule has 0 spiro atoms. The van der Waals surface area contributed by atoms with E-state index in [0.29, 0.717) is 11.0 Å². The Hall–Kier alpha value is -1.35. The van der Waals surface area contributed by atoms with Crippen molar-refractivity contribution in [1.29, 1.82) is 0 Å². The van der Waals surface area contributed by atoms with Gasteiger partial charge in [-0.3, -0.25) is 0 Å². The molecule has 104 valence electrons. The van der Waals surface area contributed by atoms with Gasteiger partial charge in [0.15, 0.2) is 0 Å². The second-order valence-corrected chi connectivity index (χ2v) is 6.21. The van der Waals surface area contributed by atoms with E-state index < -0.39 is 5.97 Å². The fraction of sp³-hybridized carbons (Fsp3) is 0.562. The first-order valence-corrected chi connectivity index (χ1v) is 7.04. The molecule has 3 nitrogen and oxygen atoms in total. The Morgan fingerprint density at radius 2 is 2.16 bits per heavy atom. The van der Waals surface area contributed by atoms with Crippen molar-refractivity contribution in [2.75, 3.05) is 6.54 Å². The van der Waals surface area contributed by atoms with Gasteiger partial charge in [0.25, 0.3) is 0 Å². The van der Waals surface area contributed by atoms with Crippen LogP contribution in [0, 0.1) is 11.3 Å². The third-order valence-electron chi connectivity index (χ3n) is 3.80. The van der Waals surface area contributed by atoms with Crippen molar-refractivity contribution in [3.63, 3.8) is 0 Å². The lowest BCUT2D eigenvalue weighted by Gasteiger charge is -2.18. The molecule has 0 radical (unpaired) electrons. The molecule has 0 heterocycles. The molecule has 0 saturated heterocycles. The van der Waals surface area contributed by atoms with Gasteiger partial charge in [-0.05, 0) is 48.3 Å². The summed E-state index contributed by atoms with van der Waals surface area (Å²) in [6.45, 7) is 6.34. The smallest absolute Gasteiger partial charge is 0.335 e. The number of rotatable bonds is 7. The van der Waals surface area contributed by atoms with Crippen LogP contribution in [0.3, 0.4) is 0 Å². The standard InChI is InChI=1S/C16H23NO2/c1-12(2)9-16(6-7-16)11-17-10-13-4-3-5-14(8-13)15(18)19/h3-5,8,12,17H,6-7,9-11H2,1-2H3,(H,18,19). The summed E-state index contributed by atoms with van der Waals surface area (Å²) in [5.74, 6) is -0.111. The van der Waals surface area contributed by atoms with E-state index in [-0.39, 0.29) is 0 Å². The van der Waals surface area contributed by atoms with Gasteiger partial charge in [-0.2, -0.15) is 0 Å². The van der Waals surface area contributed by atoms with E-state index in [1.54, 1.807) is 12.1 Å². The van der Waals surface area contributed by atoms with E-state index in [9.17, 15) is 4.79 Å². The number of carboxylic acids is 1. The van der Waals surface area contributed by atoms with Crippen LogP contribution in [-0.2, 0) is 6.54 Å². The van der Waals surface area contributed by atoms with Gasteiger partial charge in [0.2, 0.25) is 0 Å². The number of nitrogens with one attached hydrogen (secondary N) is 1. The van der Waals surface area contributed by atoms with Crippen LogP contribution in [0.15, 0.2) is 24.3 Å². The molecule has 0 aliphatic heterocycles. The largest absolute Gasteiger partial charge is 0.478 e. The molecule has 19 heavy (non-hydrogen) atoms. The lowest BCUT2D eigenvalue weighted by atomic mass is 9.94. The third-order valence-corrected chi connectivity index (χ3v) is 3.80. The zero-order valence-corrected chi connectivity index (χ0v) is 11.8. The monoisotopic (exact) mass is 261 g/mol. The Kier molecular flexibility index (Phi) is 4.25. The van der Waals surface area contributed by atoms with Crippen LogP contribution < -0.4 is 5.32 Å². The minimum absolute atomic E-state index is 0.364. The zero-order valence-electron chi connectivity index (χ0n) is 11.8. The predicted octanol–water partition coefficient (Wildman–Crippen LogP) is 3.30. The molecule has 0 aromatic heterocycles. The molecule has 1 fully saturated rings. The maximum atomic E-state index is 10.9. The molecular formula is C16H23NO2. The lowest BCUT2D eigenvalue weighted by molar-refractivity contribution is 0.0696. The first-order valence-electron chi connectivity index (χ1n) is 7.04. The SMILES string of the molecule is CC(C)CC1(CNCc2cccc(C(=O)O)c2)CC1. The quantitative estimate of drug-likeness (QED) is 0.791. The number of hydrogen-bond donors (Lipinski definition) is 2. The van der Waals surface area contributed by atoms with Gasteiger partial charge in [-0.15, -0.1) is 0 Å². The number of aromatic carboxylic acids is 1. The highest BCUT2D eigenvalue weighted by Gasteiger charge is 2.41. The average molecular weight is 261 g/mol. The van der Waals surface area contributed by atoms with Crippen molar-refractivity contribution in [3.8, 4) is 0 Å². The first-order chi connectivity index (χ1) is 9.01. The second-order valence-electron chi connectivity index (χ2n) is 6.21. The van der Waals surface area contributed by atoms with Crippen LogP contribution in [-0.4, -0.2) is 17.6 Å². The molecular weight excluding hydrogens is 238 g/mol. The van der Waals surface area contributed by atoms with Crippen LogP contribution in [0.4, 0.5) is 0 Å². The molecule has 1 aromatic carbocycles. The van der Waals surface area contributed by atoms with E-state index in [0.717, 1.165) is 24.6 Å². The molecule has 2 N–H and O–H groups in total. The van der Waals surface area contributed by atoms with E-state index in [4.69, 9.17) is 5.11 Å². The number of benzene rings is 1. The molecule has 0 unspecified atom stereocenters. The van der Waals surface area contributed by atoms with Gasteiger partial charge in [0, 0.05) is 13.1 Å². The van der Waals surface area contributed by atoms with Gasteiger partial charge >= 0.3 is 5.97 Å². The Balaban J connectivity index is 1.83. The third kappa shape index (κ3) is 4.06. The van der Waals surface area contributed by atoms with Gasteiger partial charge in [-0.1, -0.05) is 26.0 Å². The van der Waals surface area contributed by atoms with Crippen molar-refractivity contribution in [3.05, 3.63) is 35.4 Å². The molecule has 1 aliphatic rings. The van der Waals surface area contributed by atoms with Crippen LogP contribution in [0.5, 0.6) is 0 Å². The van der Waals surface area contributed by atoms with Gasteiger partial charge in [0.05, 0.1) is 5.56 Å². The number of hydrogen-bond acceptors (Lipinski definition) is 2. The van der Waals surface area contributed by atoms with Gasteiger partial charge in [0.1, 0.15) is 0 Å². The van der Waals surface area contributed by atoms with Crippen molar-refractivity contribution < 1.29 is 9.90 Å². The summed E-state index contributed by atoms with van der Waals surface area (Å²) in [6.07, 6.45) is 3.94. The summed E-state index contributed by atoms with van der Waals surface area (Å²) in [5, 5.41) is 12.4. The van der Waals surface area contributed by atoms with Crippen molar-refractivity contribution in [2.45, 2.75) is 39.7 Å². The highest BCUT2D eigenvalue weighted by molar-refractivity contribution is 5.87. The van der Waals surface area contributed by atoms with Crippen LogP contribution >= 0.6 is 0 Å². The molecule has 2 rings (SSSR count). The van der Waals surface area contributed by atoms with Crippen LogP contribution in [0.25, 0.3) is 0 Å².